The van der Waals surface area contributed by atoms with Gasteiger partial charge < -0.3 is 4.90 Å². The van der Waals surface area contributed by atoms with Crippen molar-refractivity contribution in [2.24, 2.45) is 0 Å². The van der Waals surface area contributed by atoms with Gasteiger partial charge in [0.2, 0.25) is 0 Å². The lowest BCUT2D eigenvalue weighted by Crippen LogP contribution is -2.16. The van der Waals surface area contributed by atoms with Gasteiger partial charge in [-0.15, -0.1) is 0 Å². The molecule has 0 N–H and O–H groups in total. The van der Waals surface area contributed by atoms with E-state index < -0.39 is 0 Å². The second kappa shape index (κ2) is 13.5. The van der Waals surface area contributed by atoms with Gasteiger partial charge in [0.05, 0.1) is 0 Å². The summed E-state index contributed by atoms with van der Waals surface area (Å²) in [6.45, 7) is 0.739. The SMILES string of the molecule is c1ccc(-c2ccc(N(Cc3ccc(-c4cccc5c4ccc4ccccc45)cc3)c3ccc(-c4cc5ccccc5c5ccccc45)cc3)cc2)cc1. The molecule has 0 radical (unpaired) electrons. The van der Waals surface area contributed by atoms with E-state index in [0.717, 1.165) is 17.9 Å². The van der Waals surface area contributed by atoms with Crippen molar-refractivity contribution in [3.05, 3.63) is 218 Å². The highest BCUT2D eigenvalue weighted by Crippen LogP contribution is 2.38. The maximum absolute atomic E-state index is 2.43. The molecular formula is C53H37N. The molecule has 0 saturated carbocycles. The zero-order valence-corrected chi connectivity index (χ0v) is 29.9. The van der Waals surface area contributed by atoms with Gasteiger partial charge in [-0.3, -0.25) is 0 Å². The van der Waals surface area contributed by atoms with E-state index in [4.69, 9.17) is 0 Å². The average molecular weight is 688 g/mol. The van der Waals surface area contributed by atoms with Crippen LogP contribution in [-0.4, -0.2) is 0 Å². The molecule has 0 spiro atoms. The zero-order chi connectivity index (χ0) is 35.8. The van der Waals surface area contributed by atoms with Gasteiger partial charge in [-0.1, -0.05) is 182 Å². The van der Waals surface area contributed by atoms with Crippen LogP contribution in [0.3, 0.4) is 0 Å². The largest absolute Gasteiger partial charge is 0.337 e. The van der Waals surface area contributed by atoms with Crippen molar-refractivity contribution < 1.29 is 0 Å². The van der Waals surface area contributed by atoms with Crippen molar-refractivity contribution in [2.45, 2.75) is 6.54 Å². The van der Waals surface area contributed by atoms with E-state index in [0.29, 0.717) is 0 Å². The summed E-state index contributed by atoms with van der Waals surface area (Å²) < 4.78 is 0. The van der Waals surface area contributed by atoms with E-state index in [1.165, 1.54) is 82.0 Å². The molecule has 0 unspecified atom stereocenters. The molecule has 1 nitrogen and oxygen atoms in total. The summed E-state index contributed by atoms with van der Waals surface area (Å²) in [5.74, 6) is 0. The van der Waals surface area contributed by atoms with Crippen LogP contribution in [0.1, 0.15) is 5.56 Å². The van der Waals surface area contributed by atoms with E-state index in [1.807, 2.05) is 0 Å². The van der Waals surface area contributed by atoms with Crippen molar-refractivity contribution >= 4 is 54.5 Å². The van der Waals surface area contributed by atoms with Gasteiger partial charge >= 0.3 is 0 Å². The van der Waals surface area contributed by atoms with Crippen LogP contribution >= 0.6 is 0 Å². The molecule has 10 rings (SSSR count). The predicted molar refractivity (Wildman–Crippen MR) is 232 cm³/mol. The van der Waals surface area contributed by atoms with Crippen LogP contribution in [0.4, 0.5) is 11.4 Å². The molecule has 0 atom stereocenters. The minimum absolute atomic E-state index is 0.739. The van der Waals surface area contributed by atoms with Crippen molar-refractivity contribution in [2.75, 3.05) is 4.90 Å². The smallest absolute Gasteiger partial charge is 0.0481 e. The lowest BCUT2D eigenvalue weighted by Gasteiger charge is -2.26. The van der Waals surface area contributed by atoms with Crippen LogP contribution in [0.25, 0.3) is 76.5 Å². The normalized spacial score (nSPS) is 11.4. The third-order valence-electron chi connectivity index (χ3n) is 10.9. The van der Waals surface area contributed by atoms with E-state index in [9.17, 15) is 0 Å². The second-order valence-electron chi connectivity index (χ2n) is 14.1. The van der Waals surface area contributed by atoms with Crippen molar-refractivity contribution in [3.8, 4) is 33.4 Å². The molecule has 254 valence electrons. The zero-order valence-electron chi connectivity index (χ0n) is 29.9. The first-order valence-corrected chi connectivity index (χ1v) is 18.7. The van der Waals surface area contributed by atoms with Crippen LogP contribution in [-0.2, 0) is 6.54 Å². The van der Waals surface area contributed by atoms with Gasteiger partial charge in [0.25, 0.3) is 0 Å². The molecule has 0 aromatic heterocycles. The Bertz CT molecular complexity index is 2920. The van der Waals surface area contributed by atoms with Crippen LogP contribution < -0.4 is 4.90 Å². The summed E-state index contributed by atoms with van der Waals surface area (Å²) in [4.78, 5) is 2.43. The third kappa shape index (κ3) is 5.77. The van der Waals surface area contributed by atoms with Gasteiger partial charge in [0.1, 0.15) is 0 Å². The van der Waals surface area contributed by atoms with Crippen LogP contribution in [0.2, 0.25) is 0 Å². The summed E-state index contributed by atoms with van der Waals surface area (Å²) in [7, 11) is 0. The molecule has 0 bridgehead atoms. The quantitative estimate of drug-likeness (QED) is 0.151. The van der Waals surface area contributed by atoms with Crippen molar-refractivity contribution in [3.63, 3.8) is 0 Å². The second-order valence-corrected chi connectivity index (χ2v) is 14.1. The van der Waals surface area contributed by atoms with Gasteiger partial charge in [-0.05, 0) is 112 Å². The summed E-state index contributed by atoms with van der Waals surface area (Å²) in [6.07, 6.45) is 0. The molecule has 10 aromatic rings. The lowest BCUT2D eigenvalue weighted by molar-refractivity contribution is 0.976. The highest BCUT2D eigenvalue weighted by Gasteiger charge is 2.14. The maximum atomic E-state index is 2.43. The van der Waals surface area contributed by atoms with E-state index in [-0.39, 0.29) is 0 Å². The molecule has 0 heterocycles. The third-order valence-corrected chi connectivity index (χ3v) is 10.9. The van der Waals surface area contributed by atoms with Crippen LogP contribution in [0, 0.1) is 0 Å². The fourth-order valence-electron chi connectivity index (χ4n) is 8.17. The first-order valence-electron chi connectivity index (χ1n) is 18.7. The molecule has 10 aromatic carbocycles. The summed E-state index contributed by atoms with van der Waals surface area (Å²) in [5, 5.41) is 10.2. The van der Waals surface area contributed by atoms with Crippen LogP contribution in [0.15, 0.2) is 212 Å². The topological polar surface area (TPSA) is 3.24 Å². The summed E-state index contributed by atoms with van der Waals surface area (Å²) in [5.41, 5.74) is 11.0. The highest BCUT2D eigenvalue weighted by atomic mass is 15.1. The van der Waals surface area contributed by atoms with Gasteiger partial charge in [0, 0.05) is 17.9 Å². The first-order chi connectivity index (χ1) is 26.8. The van der Waals surface area contributed by atoms with E-state index in [2.05, 4.69) is 217 Å². The summed E-state index contributed by atoms with van der Waals surface area (Å²) >= 11 is 0. The maximum Gasteiger partial charge on any atom is 0.0481 e. The molecule has 0 fully saturated rings. The highest BCUT2D eigenvalue weighted by molar-refractivity contribution is 6.14. The fourth-order valence-corrected chi connectivity index (χ4v) is 8.17. The Morgan fingerprint density at radius 2 is 0.759 bits per heavy atom. The molecule has 54 heavy (non-hydrogen) atoms. The van der Waals surface area contributed by atoms with Gasteiger partial charge in [0.15, 0.2) is 0 Å². The Hall–Kier alpha value is -6.96. The Kier molecular flexibility index (Phi) is 7.96. The fraction of sp³-hybridized carbons (Fsp3) is 0.0189. The molecule has 1 heteroatoms. The Morgan fingerprint density at radius 1 is 0.278 bits per heavy atom. The summed E-state index contributed by atoms with van der Waals surface area (Å²) in [6, 6.07) is 77.5. The van der Waals surface area contributed by atoms with Crippen molar-refractivity contribution in [1.29, 1.82) is 0 Å². The number of anilines is 2. The minimum Gasteiger partial charge on any atom is -0.337 e. The molecule has 0 aliphatic heterocycles. The Labute approximate surface area is 316 Å². The average Bonchev–Trinajstić information content (AvgIpc) is 3.26. The van der Waals surface area contributed by atoms with Gasteiger partial charge in [-0.2, -0.15) is 0 Å². The number of rotatable bonds is 7. The minimum atomic E-state index is 0.739. The number of hydrogen-bond acceptors (Lipinski definition) is 1. The van der Waals surface area contributed by atoms with Crippen molar-refractivity contribution in [1.82, 2.24) is 0 Å². The Morgan fingerprint density at radius 3 is 1.46 bits per heavy atom. The lowest BCUT2D eigenvalue weighted by atomic mass is 9.93. The molecular weight excluding hydrogens is 651 g/mol. The molecule has 0 amide bonds. The number of hydrogen-bond donors (Lipinski definition) is 0. The standard InChI is InChI=1S/C53H37N/c1-2-11-38(12-3-1)39-25-30-44(31-26-39)54(45-32-27-42(28-33-45)53-35-43-14-5-7-16-48(43)49-17-8-9-18-51(49)53)36-37-21-23-41(24-22-37)47-19-10-20-50-46-15-6-4-13-40(46)29-34-52(47)50/h1-35H,36H2. The molecule has 0 aliphatic carbocycles. The number of nitrogens with zero attached hydrogens (tertiary/aromatic N) is 1. The Balaban J connectivity index is 1.01. The molecule has 0 saturated heterocycles. The van der Waals surface area contributed by atoms with Gasteiger partial charge in [-0.25, -0.2) is 0 Å². The van der Waals surface area contributed by atoms with E-state index >= 15 is 0 Å². The van der Waals surface area contributed by atoms with E-state index in [1.54, 1.807) is 0 Å². The first kappa shape index (κ1) is 31.7. The number of fused-ring (bicyclic) bond motifs is 6. The number of benzene rings is 10. The molecule has 0 aliphatic rings. The predicted octanol–water partition coefficient (Wildman–Crippen LogP) is 14.6. The van der Waals surface area contributed by atoms with Crippen LogP contribution in [0.5, 0.6) is 0 Å². The monoisotopic (exact) mass is 687 g/mol.